The van der Waals surface area contributed by atoms with Gasteiger partial charge in [0.1, 0.15) is 23.3 Å². The minimum Gasteiger partial charge on any atom is -0.481 e. The number of hydrogen-bond acceptors (Lipinski definition) is 5. The molecule has 0 unspecified atom stereocenters. The Labute approximate surface area is 139 Å². The molecule has 3 heterocycles. The number of likely N-dealkylation sites (tertiary alicyclic amines) is 1. The number of carboxylic acid groups (broad SMARTS) is 1. The summed E-state index contributed by atoms with van der Waals surface area (Å²) in [7, 11) is 0. The highest BCUT2D eigenvalue weighted by molar-refractivity contribution is 5.81. The SMILES string of the molecule is Cc1ccc([C@H]2[C@@H](C(=O)O)CCC(=O)N2Cc2c(C)noc2C)o1. The third-order valence-corrected chi connectivity index (χ3v) is 4.59. The molecule has 0 radical (unpaired) electrons. The molecular weight excluding hydrogens is 312 g/mol. The molecule has 1 N–H and O–H groups in total. The van der Waals surface area contributed by atoms with Gasteiger partial charge in [-0.1, -0.05) is 5.16 Å². The molecule has 0 saturated carbocycles. The summed E-state index contributed by atoms with van der Waals surface area (Å²) in [6.45, 7) is 5.64. The number of amides is 1. The zero-order valence-corrected chi connectivity index (χ0v) is 13.9. The number of carboxylic acids is 1. The van der Waals surface area contributed by atoms with Gasteiger partial charge >= 0.3 is 5.97 Å². The van der Waals surface area contributed by atoms with Crippen LogP contribution in [0.15, 0.2) is 21.1 Å². The first kappa shape index (κ1) is 16.3. The van der Waals surface area contributed by atoms with Crippen LogP contribution in [0, 0.1) is 26.7 Å². The van der Waals surface area contributed by atoms with Crippen molar-refractivity contribution in [2.45, 2.75) is 46.2 Å². The number of aliphatic carboxylic acids is 1. The molecule has 2 aromatic heterocycles. The highest BCUT2D eigenvalue weighted by Gasteiger charge is 2.42. The van der Waals surface area contributed by atoms with Crippen molar-refractivity contribution in [3.63, 3.8) is 0 Å². The Balaban J connectivity index is 2.01. The summed E-state index contributed by atoms with van der Waals surface area (Å²) in [4.78, 5) is 25.8. The monoisotopic (exact) mass is 332 g/mol. The number of aryl methyl sites for hydroxylation is 3. The molecule has 24 heavy (non-hydrogen) atoms. The van der Waals surface area contributed by atoms with Gasteiger partial charge < -0.3 is 18.9 Å². The lowest BCUT2D eigenvalue weighted by atomic mass is 9.86. The standard InChI is InChI=1S/C17H20N2O5/c1-9-4-6-14(23-9)16-12(17(21)22)5-7-15(20)19(16)8-13-10(2)18-24-11(13)3/h4,6,12,16H,5,7-8H2,1-3H3,(H,21,22)/t12-,16+/m0/s1. The molecule has 1 saturated heterocycles. The minimum atomic E-state index is -0.926. The molecule has 1 amide bonds. The number of aromatic nitrogens is 1. The first-order valence-electron chi connectivity index (χ1n) is 7.89. The van der Waals surface area contributed by atoms with E-state index >= 15 is 0 Å². The van der Waals surface area contributed by atoms with E-state index < -0.39 is 17.9 Å². The maximum absolute atomic E-state index is 12.5. The smallest absolute Gasteiger partial charge is 0.309 e. The Morgan fingerprint density at radius 2 is 2.12 bits per heavy atom. The van der Waals surface area contributed by atoms with Crippen molar-refractivity contribution in [1.29, 1.82) is 0 Å². The molecule has 0 aliphatic carbocycles. The van der Waals surface area contributed by atoms with Crippen LogP contribution in [-0.4, -0.2) is 27.0 Å². The van der Waals surface area contributed by atoms with Crippen molar-refractivity contribution >= 4 is 11.9 Å². The number of carbonyl (C=O) groups is 2. The van der Waals surface area contributed by atoms with Gasteiger partial charge in [0.05, 0.1) is 18.2 Å². The summed E-state index contributed by atoms with van der Waals surface area (Å²) < 4.78 is 10.8. The van der Waals surface area contributed by atoms with Gasteiger partial charge in [-0.2, -0.15) is 0 Å². The predicted molar refractivity (Wildman–Crippen MR) is 83.1 cm³/mol. The Morgan fingerprint density at radius 3 is 2.67 bits per heavy atom. The highest BCUT2D eigenvalue weighted by Crippen LogP contribution is 2.39. The van der Waals surface area contributed by atoms with Crippen molar-refractivity contribution in [2.24, 2.45) is 5.92 Å². The van der Waals surface area contributed by atoms with Crippen LogP contribution >= 0.6 is 0 Å². The highest BCUT2D eigenvalue weighted by atomic mass is 16.5. The maximum Gasteiger partial charge on any atom is 0.309 e. The van der Waals surface area contributed by atoms with Gasteiger partial charge in [-0.05, 0) is 39.3 Å². The molecule has 0 bridgehead atoms. The second-order valence-corrected chi connectivity index (χ2v) is 6.20. The van der Waals surface area contributed by atoms with Crippen molar-refractivity contribution in [3.8, 4) is 0 Å². The van der Waals surface area contributed by atoms with E-state index in [0.717, 1.165) is 5.56 Å². The number of nitrogens with zero attached hydrogens (tertiary/aromatic N) is 2. The second-order valence-electron chi connectivity index (χ2n) is 6.20. The normalized spacial score (nSPS) is 21.3. The van der Waals surface area contributed by atoms with Crippen LogP contribution in [0.5, 0.6) is 0 Å². The minimum absolute atomic E-state index is 0.0912. The van der Waals surface area contributed by atoms with Crippen LogP contribution in [-0.2, 0) is 16.1 Å². The van der Waals surface area contributed by atoms with E-state index in [4.69, 9.17) is 8.94 Å². The number of rotatable bonds is 4. The van der Waals surface area contributed by atoms with E-state index in [-0.39, 0.29) is 18.9 Å². The topological polar surface area (TPSA) is 96.8 Å². The predicted octanol–water partition coefficient (Wildman–Crippen LogP) is 2.76. The van der Waals surface area contributed by atoms with Gasteiger partial charge in [0, 0.05) is 12.0 Å². The maximum atomic E-state index is 12.5. The molecule has 1 fully saturated rings. The van der Waals surface area contributed by atoms with E-state index in [9.17, 15) is 14.7 Å². The van der Waals surface area contributed by atoms with Crippen molar-refractivity contribution in [2.75, 3.05) is 0 Å². The van der Waals surface area contributed by atoms with Crippen molar-refractivity contribution in [3.05, 3.63) is 40.7 Å². The van der Waals surface area contributed by atoms with Crippen LogP contribution in [0.1, 0.15) is 47.4 Å². The average Bonchev–Trinajstić information content (AvgIpc) is 3.08. The Hall–Kier alpha value is -2.57. The zero-order valence-electron chi connectivity index (χ0n) is 13.9. The third-order valence-electron chi connectivity index (χ3n) is 4.59. The molecule has 2 aromatic rings. The van der Waals surface area contributed by atoms with Crippen LogP contribution < -0.4 is 0 Å². The summed E-state index contributed by atoms with van der Waals surface area (Å²) >= 11 is 0. The Kier molecular flexibility index (Phi) is 4.17. The summed E-state index contributed by atoms with van der Waals surface area (Å²) in [6.07, 6.45) is 0.507. The van der Waals surface area contributed by atoms with Crippen LogP contribution in [0.4, 0.5) is 0 Å². The summed E-state index contributed by atoms with van der Waals surface area (Å²) in [6, 6.07) is 2.89. The molecule has 3 rings (SSSR count). The first-order valence-corrected chi connectivity index (χ1v) is 7.89. The quantitative estimate of drug-likeness (QED) is 0.924. The van der Waals surface area contributed by atoms with Crippen LogP contribution in [0.25, 0.3) is 0 Å². The fourth-order valence-corrected chi connectivity index (χ4v) is 3.26. The molecule has 1 aliphatic heterocycles. The Morgan fingerprint density at radius 1 is 1.38 bits per heavy atom. The molecule has 7 nitrogen and oxygen atoms in total. The number of piperidine rings is 1. The molecule has 0 aromatic carbocycles. The van der Waals surface area contributed by atoms with Gasteiger partial charge in [0.2, 0.25) is 5.91 Å². The molecule has 1 aliphatic rings. The number of carbonyl (C=O) groups excluding carboxylic acids is 1. The van der Waals surface area contributed by atoms with Gasteiger partial charge in [0.25, 0.3) is 0 Å². The molecule has 128 valence electrons. The van der Waals surface area contributed by atoms with Gasteiger partial charge in [-0.15, -0.1) is 0 Å². The van der Waals surface area contributed by atoms with E-state index in [0.29, 0.717) is 29.4 Å². The van der Waals surface area contributed by atoms with E-state index in [1.54, 1.807) is 37.8 Å². The van der Waals surface area contributed by atoms with Crippen molar-refractivity contribution in [1.82, 2.24) is 10.1 Å². The zero-order chi connectivity index (χ0) is 17.4. The summed E-state index contributed by atoms with van der Waals surface area (Å²) in [5.41, 5.74) is 1.51. The van der Waals surface area contributed by atoms with E-state index in [2.05, 4.69) is 5.16 Å². The van der Waals surface area contributed by atoms with Gasteiger partial charge in [-0.25, -0.2) is 0 Å². The fraction of sp³-hybridized carbons (Fsp3) is 0.471. The molecule has 2 atom stereocenters. The largest absolute Gasteiger partial charge is 0.481 e. The average molecular weight is 332 g/mol. The van der Waals surface area contributed by atoms with Crippen LogP contribution in [0.3, 0.4) is 0 Å². The molecule has 0 spiro atoms. The number of furan rings is 1. The van der Waals surface area contributed by atoms with Crippen molar-refractivity contribution < 1.29 is 23.6 Å². The fourth-order valence-electron chi connectivity index (χ4n) is 3.26. The van der Waals surface area contributed by atoms with E-state index in [1.807, 2.05) is 0 Å². The number of hydrogen-bond donors (Lipinski definition) is 1. The Bertz CT molecular complexity index is 756. The second kappa shape index (κ2) is 6.14. The first-order chi connectivity index (χ1) is 11.4. The summed E-state index contributed by atoms with van der Waals surface area (Å²) in [5, 5.41) is 13.5. The lowest BCUT2D eigenvalue weighted by molar-refractivity contribution is -0.153. The van der Waals surface area contributed by atoms with E-state index in [1.165, 1.54) is 0 Å². The third kappa shape index (κ3) is 2.81. The van der Waals surface area contributed by atoms with Gasteiger partial charge in [0.15, 0.2) is 0 Å². The lowest BCUT2D eigenvalue weighted by Crippen LogP contribution is -2.44. The van der Waals surface area contributed by atoms with Gasteiger partial charge in [-0.3, -0.25) is 9.59 Å². The summed E-state index contributed by atoms with van der Waals surface area (Å²) in [5.74, 6) is 0.0990. The lowest BCUT2D eigenvalue weighted by Gasteiger charge is -2.38. The molecule has 7 heteroatoms. The van der Waals surface area contributed by atoms with Crippen LogP contribution in [0.2, 0.25) is 0 Å². The molecular formula is C17H20N2O5.